The fourth-order valence-corrected chi connectivity index (χ4v) is 2.87. The van der Waals surface area contributed by atoms with Gasteiger partial charge in [0.1, 0.15) is 23.2 Å². The minimum Gasteiger partial charge on any atom is -0.497 e. The predicted molar refractivity (Wildman–Crippen MR) is 100.0 cm³/mol. The Bertz CT molecular complexity index is 825. The summed E-state index contributed by atoms with van der Waals surface area (Å²) in [4.78, 5) is 14.5. The lowest BCUT2D eigenvalue weighted by atomic mass is 10.1. The largest absolute Gasteiger partial charge is 0.497 e. The van der Waals surface area contributed by atoms with Crippen LogP contribution < -0.4 is 15.0 Å². The van der Waals surface area contributed by atoms with Crippen molar-refractivity contribution in [3.05, 3.63) is 47.7 Å². The van der Waals surface area contributed by atoms with Crippen LogP contribution in [0.3, 0.4) is 0 Å². The van der Waals surface area contributed by atoms with Crippen molar-refractivity contribution in [1.29, 1.82) is 5.26 Å². The second-order valence-corrected chi connectivity index (χ2v) is 6.08. The van der Waals surface area contributed by atoms with Crippen molar-refractivity contribution in [3.63, 3.8) is 0 Å². The van der Waals surface area contributed by atoms with E-state index in [4.69, 9.17) is 9.15 Å². The Morgan fingerprint density at radius 2 is 1.92 bits per heavy atom. The third-order valence-corrected chi connectivity index (χ3v) is 4.28. The van der Waals surface area contributed by atoms with E-state index in [1.165, 1.54) is 12.5 Å². The highest BCUT2D eigenvalue weighted by atomic mass is 16.5. The monoisotopic (exact) mass is 351 g/mol. The summed E-state index contributed by atoms with van der Waals surface area (Å²) >= 11 is 0. The molecule has 1 aromatic carbocycles. The number of rotatable bonds is 5. The topological polar surface area (TPSA) is 78.5 Å². The first-order valence-electron chi connectivity index (χ1n) is 8.61. The number of nitrogens with one attached hydrogen (secondary N) is 1. The van der Waals surface area contributed by atoms with Gasteiger partial charge in [-0.2, -0.15) is 5.26 Å². The summed E-state index contributed by atoms with van der Waals surface area (Å²) in [6, 6.07) is 12.5. The van der Waals surface area contributed by atoms with Crippen molar-refractivity contribution in [3.8, 4) is 11.8 Å². The predicted octanol–water partition coefficient (Wildman–Crippen LogP) is 3.82. The molecule has 26 heavy (non-hydrogen) atoms. The minimum absolute atomic E-state index is 0.0136. The van der Waals surface area contributed by atoms with E-state index < -0.39 is 5.91 Å². The zero-order valence-electron chi connectivity index (χ0n) is 14.7. The van der Waals surface area contributed by atoms with Crippen LogP contribution in [0.15, 0.2) is 46.4 Å². The molecule has 1 fully saturated rings. The maximum absolute atomic E-state index is 12.3. The Kier molecular flexibility index (Phi) is 5.59. The molecule has 1 aromatic heterocycles. The highest BCUT2D eigenvalue weighted by Gasteiger charge is 2.15. The van der Waals surface area contributed by atoms with Crippen molar-refractivity contribution in [2.75, 3.05) is 30.4 Å². The number of hydrogen-bond acceptors (Lipinski definition) is 5. The van der Waals surface area contributed by atoms with Gasteiger partial charge in [0.05, 0.1) is 7.11 Å². The van der Waals surface area contributed by atoms with Crippen LogP contribution in [0.2, 0.25) is 0 Å². The van der Waals surface area contributed by atoms with E-state index in [0.29, 0.717) is 17.2 Å². The molecule has 1 saturated heterocycles. The molecule has 0 atom stereocenters. The van der Waals surface area contributed by atoms with Crippen LogP contribution in [-0.4, -0.2) is 26.1 Å². The number of anilines is 2. The van der Waals surface area contributed by atoms with Gasteiger partial charge in [-0.3, -0.25) is 4.79 Å². The number of nitrogens with zero attached hydrogens (tertiary/aromatic N) is 2. The maximum atomic E-state index is 12.3. The van der Waals surface area contributed by atoms with Gasteiger partial charge in [0.15, 0.2) is 5.88 Å². The van der Waals surface area contributed by atoms with E-state index in [1.54, 1.807) is 37.4 Å². The summed E-state index contributed by atoms with van der Waals surface area (Å²) in [5.74, 6) is 1.49. The average molecular weight is 351 g/mol. The SMILES string of the molecule is COc1ccc(NC(=O)/C(C#N)=C\c2ccc(N3CCCCC3)o2)cc1. The molecule has 3 rings (SSSR count). The van der Waals surface area contributed by atoms with Crippen LogP contribution >= 0.6 is 0 Å². The molecule has 0 radical (unpaired) electrons. The second-order valence-electron chi connectivity index (χ2n) is 6.08. The van der Waals surface area contributed by atoms with Gasteiger partial charge in [-0.15, -0.1) is 0 Å². The van der Waals surface area contributed by atoms with Crippen molar-refractivity contribution in [1.82, 2.24) is 0 Å². The molecule has 2 heterocycles. The Morgan fingerprint density at radius 3 is 2.58 bits per heavy atom. The normalized spacial score (nSPS) is 14.6. The number of furan rings is 1. The summed E-state index contributed by atoms with van der Waals surface area (Å²) in [6.07, 6.45) is 5.01. The van der Waals surface area contributed by atoms with Gasteiger partial charge in [0, 0.05) is 30.9 Å². The van der Waals surface area contributed by atoms with E-state index in [2.05, 4.69) is 10.2 Å². The first kappa shape index (κ1) is 17.6. The van der Waals surface area contributed by atoms with Crippen LogP contribution in [-0.2, 0) is 4.79 Å². The molecule has 0 bridgehead atoms. The second kappa shape index (κ2) is 8.26. The summed E-state index contributed by atoms with van der Waals surface area (Å²) in [7, 11) is 1.58. The molecule has 0 unspecified atom stereocenters. The highest BCUT2D eigenvalue weighted by Crippen LogP contribution is 2.24. The molecule has 134 valence electrons. The number of piperidine rings is 1. The van der Waals surface area contributed by atoms with E-state index in [9.17, 15) is 10.1 Å². The first-order chi connectivity index (χ1) is 12.7. The van der Waals surface area contributed by atoms with Crippen molar-refractivity contribution < 1.29 is 13.9 Å². The molecule has 6 nitrogen and oxygen atoms in total. The van der Waals surface area contributed by atoms with E-state index >= 15 is 0 Å². The zero-order chi connectivity index (χ0) is 18.4. The lowest BCUT2D eigenvalue weighted by Crippen LogP contribution is -2.28. The number of nitriles is 1. The zero-order valence-corrected chi connectivity index (χ0v) is 14.7. The molecule has 6 heteroatoms. The molecule has 1 amide bonds. The van der Waals surface area contributed by atoms with Gasteiger partial charge in [-0.1, -0.05) is 0 Å². The fraction of sp³-hybridized carbons (Fsp3) is 0.300. The molecule has 0 spiro atoms. The Hall–Kier alpha value is -3.20. The number of carbonyl (C=O) groups excluding carboxylic acids is 1. The maximum Gasteiger partial charge on any atom is 0.266 e. The number of methoxy groups -OCH3 is 1. The van der Waals surface area contributed by atoms with Crippen molar-refractivity contribution >= 4 is 23.6 Å². The lowest BCUT2D eigenvalue weighted by Gasteiger charge is -2.25. The van der Waals surface area contributed by atoms with Gasteiger partial charge in [-0.25, -0.2) is 0 Å². The molecule has 0 aliphatic carbocycles. The summed E-state index contributed by atoms with van der Waals surface area (Å²) in [6.45, 7) is 1.94. The van der Waals surface area contributed by atoms with Crippen molar-refractivity contribution in [2.24, 2.45) is 0 Å². The molecular weight excluding hydrogens is 330 g/mol. The molecule has 1 N–H and O–H groups in total. The summed E-state index contributed by atoms with van der Waals surface area (Å²) in [5, 5.41) is 12.0. The van der Waals surface area contributed by atoms with E-state index in [-0.39, 0.29) is 5.57 Å². The van der Waals surface area contributed by atoms with Crippen molar-refractivity contribution in [2.45, 2.75) is 19.3 Å². The lowest BCUT2D eigenvalue weighted by molar-refractivity contribution is -0.112. The Labute approximate surface area is 152 Å². The smallest absolute Gasteiger partial charge is 0.266 e. The van der Waals surface area contributed by atoms with E-state index in [1.807, 2.05) is 12.1 Å². The van der Waals surface area contributed by atoms with Crippen LogP contribution in [0, 0.1) is 11.3 Å². The standard InChI is InChI=1S/C20H21N3O3/c1-25-17-7-5-16(6-8-17)22-20(24)15(14-21)13-18-9-10-19(26-18)23-11-3-2-4-12-23/h5-10,13H,2-4,11-12H2,1H3,(H,22,24)/b15-13-. The summed E-state index contributed by atoms with van der Waals surface area (Å²) in [5.41, 5.74) is 0.575. The Morgan fingerprint density at radius 1 is 1.19 bits per heavy atom. The molecular formula is C20H21N3O3. The number of ether oxygens (including phenoxy) is 1. The van der Waals surface area contributed by atoms with Crippen LogP contribution in [0.4, 0.5) is 11.6 Å². The highest BCUT2D eigenvalue weighted by molar-refractivity contribution is 6.09. The third-order valence-electron chi connectivity index (χ3n) is 4.28. The summed E-state index contributed by atoms with van der Waals surface area (Å²) < 4.78 is 10.9. The molecule has 0 saturated carbocycles. The van der Waals surface area contributed by atoms with Gasteiger partial charge in [0.25, 0.3) is 5.91 Å². The minimum atomic E-state index is -0.478. The van der Waals surface area contributed by atoms with Gasteiger partial charge in [0.2, 0.25) is 0 Å². The fourth-order valence-electron chi connectivity index (χ4n) is 2.87. The van der Waals surface area contributed by atoms with Gasteiger partial charge in [-0.05, 0) is 49.6 Å². The number of hydrogen-bond donors (Lipinski definition) is 1. The van der Waals surface area contributed by atoms with E-state index in [0.717, 1.165) is 31.8 Å². The molecule has 1 aliphatic heterocycles. The molecule has 2 aromatic rings. The average Bonchev–Trinajstić information content (AvgIpc) is 3.16. The van der Waals surface area contributed by atoms with Crippen LogP contribution in [0.25, 0.3) is 6.08 Å². The third kappa shape index (κ3) is 4.25. The molecule has 1 aliphatic rings. The van der Waals surface area contributed by atoms with Crippen LogP contribution in [0.5, 0.6) is 5.75 Å². The first-order valence-corrected chi connectivity index (χ1v) is 8.61. The number of benzene rings is 1. The van der Waals surface area contributed by atoms with Gasteiger partial charge >= 0.3 is 0 Å². The Balaban J connectivity index is 1.69. The quantitative estimate of drug-likeness (QED) is 0.654. The number of carbonyl (C=O) groups is 1. The van der Waals surface area contributed by atoms with Crippen LogP contribution in [0.1, 0.15) is 25.0 Å². The van der Waals surface area contributed by atoms with Gasteiger partial charge < -0.3 is 19.4 Å². The number of amides is 1.